The fourth-order valence-corrected chi connectivity index (χ4v) is 1.47. The first kappa shape index (κ1) is 7.40. The predicted octanol–water partition coefficient (Wildman–Crippen LogP) is 1.90. The number of esters is 1. The maximum Gasteiger partial charge on any atom is 0.306 e. The Bertz CT molecular complexity index is 276. The first-order chi connectivity index (χ1) is 5.77. The van der Waals surface area contributed by atoms with Gasteiger partial charge in [-0.15, -0.1) is 0 Å². The zero-order valence-corrected chi connectivity index (χ0v) is 6.82. The van der Waals surface area contributed by atoms with Crippen LogP contribution < -0.4 is 0 Å². The molecule has 0 aromatic carbocycles. The van der Waals surface area contributed by atoms with Gasteiger partial charge >= 0.3 is 5.97 Å². The summed E-state index contributed by atoms with van der Waals surface area (Å²) in [4.78, 5) is 10.9. The predicted molar refractivity (Wildman–Crippen MR) is 41.3 cm³/mol. The van der Waals surface area contributed by atoms with Crippen LogP contribution in [0.4, 0.5) is 0 Å². The van der Waals surface area contributed by atoms with Crippen LogP contribution in [0.2, 0.25) is 0 Å². The summed E-state index contributed by atoms with van der Waals surface area (Å²) in [5, 5.41) is 0. The molecule has 0 bridgehead atoms. The molecule has 0 amide bonds. The molecule has 1 aromatic rings. The maximum absolute atomic E-state index is 10.9. The Balaban J connectivity index is 2.20. The summed E-state index contributed by atoms with van der Waals surface area (Å²) in [6.07, 6.45) is 1.91. The number of hydrogen-bond acceptors (Lipinski definition) is 3. The molecule has 3 nitrogen and oxygen atoms in total. The second-order valence-electron chi connectivity index (χ2n) is 3.11. The van der Waals surface area contributed by atoms with Crippen LogP contribution in [-0.2, 0) is 9.53 Å². The zero-order chi connectivity index (χ0) is 8.55. The van der Waals surface area contributed by atoms with Gasteiger partial charge in [-0.3, -0.25) is 4.79 Å². The molecule has 1 aliphatic rings. The maximum atomic E-state index is 10.9. The number of carbonyl (C=O) groups is 1. The number of cyclic esters (lactones) is 1. The third-order valence-electron chi connectivity index (χ3n) is 2.09. The number of ether oxygens (including phenoxy) is 1. The van der Waals surface area contributed by atoms with E-state index in [0.29, 0.717) is 6.42 Å². The third kappa shape index (κ3) is 1.11. The van der Waals surface area contributed by atoms with Gasteiger partial charge in [0.25, 0.3) is 0 Å². The first-order valence-electron chi connectivity index (χ1n) is 4.00. The molecule has 1 aromatic heterocycles. The minimum Gasteiger partial charge on any atom is -0.465 e. The standard InChI is InChI=1S/C9H10O3/c1-6-5-8(10)12-9(6)7-3-2-4-11-7/h2-4,6,9H,5H2,1H3/t6-,9+/m1/s1. The van der Waals surface area contributed by atoms with Crippen LogP contribution in [0.3, 0.4) is 0 Å². The van der Waals surface area contributed by atoms with E-state index >= 15 is 0 Å². The second kappa shape index (κ2) is 2.66. The van der Waals surface area contributed by atoms with E-state index in [0.717, 1.165) is 5.76 Å². The molecule has 0 saturated carbocycles. The van der Waals surface area contributed by atoms with E-state index in [9.17, 15) is 4.79 Å². The summed E-state index contributed by atoms with van der Waals surface area (Å²) in [7, 11) is 0. The highest BCUT2D eigenvalue weighted by atomic mass is 16.6. The highest BCUT2D eigenvalue weighted by molar-refractivity contribution is 5.72. The second-order valence-corrected chi connectivity index (χ2v) is 3.11. The van der Waals surface area contributed by atoms with Gasteiger partial charge < -0.3 is 9.15 Å². The molecule has 2 atom stereocenters. The molecule has 12 heavy (non-hydrogen) atoms. The van der Waals surface area contributed by atoms with Gasteiger partial charge in [0.05, 0.1) is 12.7 Å². The topological polar surface area (TPSA) is 39.4 Å². The number of rotatable bonds is 1. The quantitative estimate of drug-likeness (QED) is 0.598. The molecule has 0 aliphatic carbocycles. The average molecular weight is 166 g/mol. The van der Waals surface area contributed by atoms with Crippen LogP contribution in [0.25, 0.3) is 0 Å². The fourth-order valence-electron chi connectivity index (χ4n) is 1.47. The molecule has 2 heterocycles. The summed E-state index contributed by atoms with van der Waals surface area (Å²) in [6, 6.07) is 3.63. The lowest BCUT2D eigenvalue weighted by Gasteiger charge is -2.09. The van der Waals surface area contributed by atoms with Crippen molar-refractivity contribution in [3.05, 3.63) is 24.2 Å². The Hall–Kier alpha value is -1.25. The van der Waals surface area contributed by atoms with Crippen LogP contribution in [0.5, 0.6) is 0 Å². The Labute approximate surface area is 70.3 Å². The van der Waals surface area contributed by atoms with Crippen molar-refractivity contribution in [2.24, 2.45) is 5.92 Å². The number of carbonyl (C=O) groups excluding carboxylic acids is 1. The summed E-state index contributed by atoms with van der Waals surface area (Å²) in [5.41, 5.74) is 0. The highest BCUT2D eigenvalue weighted by Crippen LogP contribution is 2.34. The van der Waals surface area contributed by atoms with E-state index in [4.69, 9.17) is 9.15 Å². The third-order valence-corrected chi connectivity index (χ3v) is 2.09. The monoisotopic (exact) mass is 166 g/mol. The van der Waals surface area contributed by atoms with E-state index in [2.05, 4.69) is 0 Å². The minimum atomic E-state index is -0.174. The van der Waals surface area contributed by atoms with Gasteiger partial charge in [-0.1, -0.05) is 6.92 Å². The van der Waals surface area contributed by atoms with Crippen molar-refractivity contribution < 1.29 is 13.9 Å². The Morgan fingerprint density at radius 3 is 2.92 bits per heavy atom. The van der Waals surface area contributed by atoms with Gasteiger partial charge in [0, 0.05) is 5.92 Å². The lowest BCUT2D eigenvalue weighted by molar-refractivity contribution is -0.142. The summed E-state index contributed by atoms with van der Waals surface area (Å²) < 4.78 is 10.2. The van der Waals surface area contributed by atoms with Gasteiger partial charge in [-0.25, -0.2) is 0 Å². The molecular formula is C9H10O3. The SMILES string of the molecule is C[C@@H]1CC(=O)O[C@@H]1c1ccco1. The van der Waals surface area contributed by atoms with Crippen molar-refractivity contribution in [2.75, 3.05) is 0 Å². The molecule has 0 spiro atoms. The Kier molecular flexibility index (Phi) is 1.64. The summed E-state index contributed by atoms with van der Waals surface area (Å²) in [6.45, 7) is 1.98. The van der Waals surface area contributed by atoms with E-state index in [1.165, 1.54) is 0 Å². The van der Waals surface area contributed by atoms with Crippen LogP contribution in [0, 0.1) is 5.92 Å². The van der Waals surface area contributed by atoms with Crippen molar-refractivity contribution in [3.63, 3.8) is 0 Å². The fraction of sp³-hybridized carbons (Fsp3) is 0.444. The van der Waals surface area contributed by atoms with Crippen LogP contribution >= 0.6 is 0 Å². The van der Waals surface area contributed by atoms with Crippen molar-refractivity contribution >= 4 is 5.97 Å². The largest absolute Gasteiger partial charge is 0.465 e. The molecule has 64 valence electrons. The van der Waals surface area contributed by atoms with Crippen LogP contribution in [0.15, 0.2) is 22.8 Å². The molecule has 1 fully saturated rings. The van der Waals surface area contributed by atoms with Crippen LogP contribution in [-0.4, -0.2) is 5.97 Å². The van der Waals surface area contributed by atoms with Gasteiger partial charge in [0.1, 0.15) is 5.76 Å². The molecule has 3 heteroatoms. The smallest absolute Gasteiger partial charge is 0.306 e. The van der Waals surface area contributed by atoms with Gasteiger partial charge in [0.15, 0.2) is 6.10 Å². The van der Waals surface area contributed by atoms with Crippen molar-refractivity contribution in [3.8, 4) is 0 Å². The average Bonchev–Trinajstić information content (AvgIpc) is 2.58. The molecule has 0 unspecified atom stereocenters. The van der Waals surface area contributed by atoms with E-state index in [1.54, 1.807) is 12.3 Å². The molecule has 2 rings (SSSR count). The normalized spacial score (nSPS) is 28.9. The van der Waals surface area contributed by atoms with Gasteiger partial charge in [-0.2, -0.15) is 0 Å². The Morgan fingerprint density at radius 1 is 1.58 bits per heavy atom. The lowest BCUT2D eigenvalue weighted by Crippen LogP contribution is -2.02. The Morgan fingerprint density at radius 2 is 2.42 bits per heavy atom. The van der Waals surface area contributed by atoms with Crippen LogP contribution in [0.1, 0.15) is 25.2 Å². The minimum absolute atomic E-state index is 0.135. The van der Waals surface area contributed by atoms with E-state index < -0.39 is 0 Å². The first-order valence-corrected chi connectivity index (χ1v) is 4.00. The molecule has 1 saturated heterocycles. The van der Waals surface area contributed by atoms with E-state index in [-0.39, 0.29) is 18.0 Å². The lowest BCUT2D eigenvalue weighted by atomic mass is 10.0. The zero-order valence-electron chi connectivity index (χ0n) is 6.82. The van der Waals surface area contributed by atoms with Gasteiger partial charge in [0.2, 0.25) is 0 Å². The summed E-state index contributed by atoms with van der Waals surface area (Å²) in [5.74, 6) is 0.834. The van der Waals surface area contributed by atoms with Crippen molar-refractivity contribution in [2.45, 2.75) is 19.4 Å². The molecule has 0 radical (unpaired) electrons. The molecule has 1 aliphatic heterocycles. The van der Waals surface area contributed by atoms with Crippen molar-refractivity contribution in [1.82, 2.24) is 0 Å². The van der Waals surface area contributed by atoms with Gasteiger partial charge in [-0.05, 0) is 12.1 Å². The molecule has 0 N–H and O–H groups in total. The number of hydrogen-bond donors (Lipinski definition) is 0. The van der Waals surface area contributed by atoms with Crippen molar-refractivity contribution in [1.29, 1.82) is 0 Å². The highest BCUT2D eigenvalue weighted by Gasteiger charge is 2.34. The van der Waals surface area contributed by atoms with E-state index in [1.807, 2.05) is 13.0 Å². The number of furan rings is 1. The molecular weight excluding hydrogens is 156 g/mol. The summed E-state index contributed by atoms with van der Waals surface area (Å²) >= 11 is 0.